The third-order valence-electron chi connectivity index (χ3n) is 4.66. The molecule has 3 aromatic heterocycles. The number of nitrogens with one attached hydrogen (secondary N) is 2. The Morgan fingerprint density at radius 3 is 3.00 bits per heavy atom. The summed E-state index contributed by atoms with van der Waals surface area (Å²) in [5.74, 6) is 2.35. The fraction of sp³-hybridized carbons (Fsp3) is 0.368. The van der Waals surface area contributed by atoms with Gasteiger partial charge in [0.15, 0.2) is 0 Å². The fourth-order valence-corrected chi connectivity index (χ4v) is 3.50. The zero-order chi connectivity index (χ0) is 17.8. The number of pyridine rings is 1. The molecule has 4 rings (SSSR count). The highest BCUT2D eigenvalue weighted by molar-refractivity contribution is 5.51. The molecule has 26 heavy (non-hydrogen) atoms. The van der Waals surface area contributed by atoms with Crippen LogP contribution in [0.3, 0.4) is 0 Å². The summed E-state index contributed by atoms with van der Waals surface area (Å²) in [6.07, 6.45) is 8.94. The molecule has 1 fully saturated rings. The van der Waals surface area contributed by atoms with Gasteiger partial charge in [0.1, 0.15) is 17.5 Å². The summed E-state index contributed by atoms with van der Waals surface area (Å²) in [5, 5.41) is 3.29. The third kappa shape index (κ3) is 3.88. The molecule has 134 valence electrons. The fourth-order valence-electron chi connectivity index (χ4n) is 3.50. The Kier molecular flexibility index (Phi) is 4.88. The Morgan fingerprint density at radius 1 is 1.23 bits per heavy atom. The SMILES string of the molecule is Cc1nc(Nc2ccccn2)cc(C2CCCCN2Cc2cnc[nH]2)n1. The molecule has 0 saturated carbocycles. The second-order valence-electron chi connectivity index (χ2n) is 6.62. The number of rotatable bonds is 5. The van der Waals surface area contributed by atoms with Crippen LogP contribution in [0.2, 0.25) is 0 Å². The number of imidazole rings is 1. The van der Waals surface area contributed by atoms with E-state index in [1.54, 1.807) is 12.5 Å². The van der Waals surface area contributed by atoms with Gasteiger partial charge in [-0.2, -0.15) is 0 Å². The van der Waals surface area contributed by atoms with E-state index in [-0.39, 0.29) is 6.04 Å². The van der Waals surface area contributed by atoms with Crippen LogP contribution < -0.4 is 5.32 Å². The lowest BCUT2D eigenvalue weighted by Gasteiger charge is -2.35. The van der Waals surface area contributed by atoms with Crippen molar-refractivity contribution < 1.29 is 0 Å². The summed E-state index contributed by atoms with van der Waals surface area (Å²) in [4.78, 5) is 23.4. The van der Waals surface area contributed by atoms with Gasteiger partial charge in [-0.05, 0) is 38.4 Å². The maximum Gasteiger partial charge on any atom is 0.135 e. The van der Waals surface area contributed by atoms with Crippen molar-refractivity contribution in [2.24, 2.45) is 0 Å². The highest BCUT2D eigenvalue weighted by Crippen LogP contribution is 2.32. The van der Waals surface area contributed by atoms with Crippen LogP contribution in [0.1, 0.15) is 42.5 Å². The van der Waals surface area contributed by atoms with Gasteiger partial charge in [-0.1, -0.05) is 12.5 Å². The molecular formula is C19H23N7. The van der Waals surface area contributed by atoms with Gasteiger partial charge in [-0.25, -0.2) is 19.9 Å². The number of H-pyrrole nitrogens is 1. The number of nitrogens with zero attached hydrogens (tertiary/aromatic N) is 5. The van der Waals surface area contributed by atoms with Crippen LogP contribution in [-0.2, 0) is 6.54 Å². The number of anilines is 2. The van der Waals surface area contributed by atoms with Gasteiger partial charge in [-0.3, -0.25) is 4.90 Å². The number of aromatic nitrogens is 5. The average Bonchev–Trinajstić information content (AvgIpc) is 3.16. The van der Waals surface area contributed by atoms with E-state index >= 15 is 0 Å². The second-order valence-corrected chi connectivity index (χ2v) is 6.62. The lowest BCUT2D eigenvalue weighted by atomic mass is 9.98. The van der Waals surface area contributed by atoms with Crippen LogP contribution in [0.15, 0.2) is 43.0 Å². The topological polar surface area (TPSA) is 82.6 Å². The predicted molar refractivity (Wildman–Crippen MR) is 99.9 cm³/mol. The van der Waals surface area contributed by atoms with E-state index in [2.05, 4.69) is 36.2 Å². The molecule has 0 spiro atoms. The zero-order valence-corrected chi connectivity index (χ0v) is 14.9. The van der Waals surface area contributed by atoms with Gasteiger partial charge in [0, 0.05) is 30.7 Å². The van der Waals surface area contributed by atoms with E-state index in [1.165, 1.54) is 12.8 Å². The van der Waals surface area contributed by atoms with Crippen molar-refractivity contribution >= 4 is 11.6 Å². The Morgan fingerprint density at radius 2 is 2.19 bits per heavy atom. The molecular weight excluding hydrogens is 326 g/mol. The van der Waals surface area contributed by atoms with E-state index < -0.39 is 0 Å². The highest BCUT2D eigenvalue weighted by atomic mass is 15.2. The number of aryl methyl sites for hydroxylation is 1. The van der Waals surface area contributed by atoms with E-state index in [4.69, 9.17) is 4.98 Å². The number of piperidine rings is 1. The molecule has 3 aromatic rings. The zero-order valence-electron chi connectivity index (χ0n) is 14.9. The van der Waals surface area contributed by atoms with Crippen LogP contribution >= 0.6 is 0 Å². The molecule has 0 aliphatic carbocycles. The smallest absolute Gasteiger partial charge is 0.135 e. The van der Waals surface area contributed by atoms with Crippen LogP contribution in [0.4, 0.5) is 11.6 Å². The number of hydrogen-bond donors (Lipinski definition) is 2. The Balaban J connectivity index is 1.58. The van der Waals surface area contributed by atoms with Gasteiger partial charge in [0.2, 0.25) is 0 Å². The van der Waals surface area contributed by atoms with Crippen molar-refractivity contribution in [2.45, 2.75) is 38.8 Å². The van der Waals surface area contributed by atoms with Crippen LogP contribution in [0, 0.1) is 6.92 Å². The summed E-state index contributed by atoms with van der Waals surface area (Å²) < 4.78 is 0. The normalized spacial score (nSPS) is 18.0. The second kappa shape index (κ2) is 7.61. The maximum absolute atomic E-state index is 4.74. The quantitative estimate of drug-likeness (QED) is 0.735. The predicted octanol–water partition coefficient (Wildman–Crippen LogP) is 3.37. The molecule has 1 unspecified atom stereocenters. The minimum Gasteiger partial charge on any atom is -0.347 e. The lowest BCUT2D eigenvalue weighted by molar-refractivity contribution is 0.135. The lowest BCUT2D eigenvalue weighted by Crippen LogP contribution is -2.33. The largest absolute Gasteiger partial charge is 0.347 e. The van der Waals surface area contributed by atoms with Gasteiger partial charge >= 0.3 is 0 Å². The van der Waals surface area contributed by atoms with Crippen molar-refractivity contribution in [3.05, 3.63) is 60.2 Å². The first-order valence-electron chi connectivity index (χ1n) is 9.03. The van der Waals surface area contributed by atoms with E-state index in [0.717, 1.165) is 48.4 Å². The van der Waals surface area contributed by atoms with Crippen LogP contribution in [0.25, 0.3) is 0 Å². The van der Waals surface area contributed by atoms with Crippen LogP contribution in [0.5, 0.6) is 0 Å². The molecule has 1 atom stereocenters. The van der Waals surface area contributed by atoms with Crippen molar-refractivity contribution in [3.63, 3.8) is 0 Å². The molecule has 1 aliphatic heterocycles. The number of likely N-dealkylation sites (tertiary alicyclic amines) is 1. The minimum absolute atomic E-state index is 0.290. The Bertz CT molecular complexity index is 832. The van der Waals surface area contributed by atoms with Crippen molar-refractivity contribution in [3.8, 4) is 0 Å². The Hall–Kier alpha value is -2.80. The minimum atomic E-state index is 0.290. The highest BCUT2D eigenvalue weighted by Gasteiger charge is 2.26. The summed E-state index contributed by atoms with van der Waals surface area (Å²) in [5.41, 5.74) is 2.20. The summed E-state index contributed by atoms with van der Waals surface area (Å²) >= 11 is 0. The summed E-state index contributed by atoms with van der Waals surface area (Å²) in [6, 6.07) is 8.13. The van der Waals surface area contributed by atoms with Gasteiger partial charge < -0.3 is 10.3 Å². The van der Waals surface area contributed by atoms with Gasteiger partial charge in [-0.15, -0.1) is 0 Å². The molecule has 0 radical (unpaired) electrons. The molecule has 7 nitrogen and oxygen atoms in total. The Labute approximate surface area is 152 Å². The molecule has 2 N–H and O–H groups in total. The first-order chi connectivity index (χ1) is 12.8. The van der Waals surface area contributed by atoms with E-state index in [9.17, 15) is 0 Å². The van der Waals surface area contributed by atoms with Crippen LogP contribution in [-0.4, -0.2) is 36.4 Å². The van der Waals surface area contributed by atoms with Gasteiger partial charge in [0.05, 0.1) is 18.1 Å². The standard InChI is InChI=1S/C19H23N7/c1-14-23-16(10-19(24-14)25-18-7-2-4-8-21-18)17-6-3-5-9-26(17)12-15-11-20-13-22-15/h2,4,7-8,10-11,13,17H,3,5-6,9,12H2,1H3,(H,20,22)(H,21,23,24,25). The first-order valence-corrected chi connectivity index (χ1v) is 9.03. The molecule has 4 heterocycles. The maximum atomic E-state index is 4.74. The molecule has 7 heteroatoms. The van der Waals surface area contributed by atoms with E-state index in [0.29, 0.717) is 0 Å². The molecule has 1 aliphatic rings. The molecule has 1 saturated heterocycles. The molecule has 0 amide bonds. The molecule has 0 aromatic carbocycles. The number of aromatic amines is 1. The first kappa shape index (κ1) is 16.7. The monoisotopic (exact) mass is 349 g/mol. The van der Waals surface area contributed by atoms with E-state index in [1.807, 2.05) is 31.3 Å². The van der Waals surface area contributed by atoms with Crippen molar-refractivity contribution in [2.75, 3.05) is 11.9 Å². The number of hydrogen-bond acceptors (Lipinski definition) is 6. The van der Waals surface area contributed by atoms with Gasteiger partial charge in [0.25, 0.3) is 0 Å². The van der Waals surface area contributed by atoms with Crippen molar-refractivity contribution in [1.29, 1.82) is 0 Å². The molecule has 0 bridgehead atoms. The summed E-state index contributed by atoms with van der Waals surface area (Å²) in [6.45, 7) is 3.86. The van der Waals surface area contributed by atoms with Crippen molar-refractivity contribution in [1.82, 2.24) is 29.8 Å². The average molecular weight is 349 g/mol. The third-order valence-corrected chi connectivity index (χ3v) is 4.66. The summed E-state index contributed by atoms with van der Waals surface area (Å²) in [7, 11) is 0.